The molecule has 1 fully saturated rings. The summed E-state index contributed by atoms with van der Waals surface area (Å²) >= 11 is 0. The number of halogens is 3. The molecule has 0 radical (unpaired) electrons. The molecule has 1 N–H and O–H groups in total. The molecule has 1 aliphatic rings. The Morgan fingerprint density at radius 2 is 2.06 bits per heavy atom. The lowest BCUT2D eigenvalue weighted by Crippen LogP contribution is -2.19. The van der Waals surface area contributed by atoms with Gasteiger partial charge in [0.15, 0.2) is 0 Å². The van der Waals surface area contributed by atoms with Crippen molar-refractivity contribution in [2.75, 3.05) is 7.05 Å². The Morgan fingerprint density at radius 3 is 2.56 bits per heavy atom. The van der Waals surface area contributed by atoms with Crippen LogP contribution in [0.4, 0.5) is 13.2 Å². The van der Waals surface area contributed by atoms with Crippen molar-refractivity contribution in [2.45, 2.75) is 25.1 Å². The van der Waals surface area contributed by atoms with Crippen LogP contribution in [0.25, 0.3) is 0 Å². The molecule has 1 amide bonds. The highest BCUT2D eigenvalue weighted by atomic mass is 19.4. The van der Waals surface area contributed by atoms with Gasteiger partial charge in [0.25, 0.3) is 5.91 Å². The van der Waals surface area contributed by atoms with Gasteiger partial charge in [-0.1, -0.05) is 0 Å². The highest BCUT2D eigenvalue weighted by Gasteiger charge is 2.36. The molecular formula is C12H12F3NO2. The molecule has 1 aromatic carbocycles. The van der Waals surface area contributed by atoms with Crippen molar-refractivity contribution >= 4 is 5.91 Å². The summed E-state index contributed by atoms with van der Waals surface area (Å²) in [5, 5.41) is 2.29. The van der Waals surface area contributed by atoms with Crippen LogP contribution in [0.5, 0.6) is 5.75 Å². The van der Waals surface area contributed by atoms with E-state index in [9.17, 15) is 18.0 Å². The van der Waals surface area contributed by atoms with E-state index >= 15 is 0 Å². The summed E-state index contributed by atoms with van der Waals surface area (Å²) in [7, 11) is 1.37. The third-order valence-corrected chi connectivity index (χ3v) is 2.59. The van der Waals surface area contributed by atoms with Crippen molar-refractivity contribution in [3.63, 3.8) is 0 Å². The maximum absolute atomic E-state index is 12.9. The minimum absolute atomic E-state index is 0.0343. The molecule has 18 heavy (non-hydrogen) atoms. The third kappa shape index (κ3) is 2.75. The zero-order valence-electron chi connectivity index (χ0n) is 9.67. The number of alkyl halides is 3. The average molecular weight is 259 g/mol. The molecule has 1 aliphatic carbocycles. The largest absolute Gasteiger partial charge is 0.490 e. The number of hydrogen-bond acceptors (Lipinski definition) is 2. The highest BCUT2D eigenvalue weighted by Crippen LogP contribution is 2.39. The molecule has 0 spiro atoms. The molecule has 98 valence electrons. The maximum atomic E-state index is 12.9. The molecule has 3 nitrogen and oxygen atoms in total. The van der Waals surface area contributed by atoms with Crippen LogP contribution in [-0.4, -0.2) is 19.1 Å². The molecule has 2 rings (SSSR count). The normalized spacial score (nSPS) is 15.3. The van der Waals surface area contributed by atoms with Gasteiger partial charge in [0.05, 0.1) is 11.7 Å². The van der Waals surface area contributed by atoms with Crippen LogP contribution in [0, 0.1) is 0 Å². The standard InChI is InChI=1S/C12H12F3NO2/c1-16-11(17)7-2-5-10(18-8-3-4-8)9(6-7)12(13,14)15/h2,5-6,8H,3-4H2,1H3,(H,16,17). The molecular weight excluding hydrogens is 247 g/mol. The van der Waals surface area contributed by atoms with Gasteiger partial charge in [-0.2, -0.15) is 13.2 Å². The second-order valence-electron chi connectivity index (χ2n) is 4.11. The lowest BCUT2D eigenvalue weighted by atomic mass is 10.1. The van der Waals surface area contributed by atoms with Crippen LogP contribution < -0.4 is 10.1 Å². The van der Waals surface area contributed by atoms with Crippen molar-refractivity contribution < 1.29 is 22.7 Å². The van der Waals surface area contributed by atoms with Crippen molar-refractivity contribution in [2.24, 2.45) is 0 Å². The number of benzene rings is 1. The van der Waals surface area contributed by atoms with Crippen LogP contribution in [-0.2, 0) is 6.18 Å². The van der Waals surface area contributed by atoms with Gasteiger partial charge in [-0.3, -0.25) is 4.79 Å². The second kappa shape index (κ2) is 4.51. The molecule has 1 saturated carbocycles. The van der Waals surface area contributed by atoms with Crippen LogP contribution in [0.3, 0.4) is 0 Å². The topological polar surface area (TPSA) is 38.3 Å². The Morgan fingerprint density at radius 1 is 1.39 bits per heavy atom. The van der Waals surface area contributed by atoms with Crippen LogP contribution in [0.2, 0.25) is 0 Å². The van der Waals surface area contributed by atoms with E-state index < -0.39 is 17.6 Å². The molecule has 0 bridgehead atoms. The van der Waals surface area contributed by atoms with Crippen molar-refractivity contribution in [3.8, 4) is 5.75 Å². The quantitative estimate of drug-likeness (QED) is 0.906. The summed E-state index contributed by atoms with van der Waals surface area (Å²) in [5.74, 6) is -0.767. The Hall–Kier alpha value is -1.72. The first-order valence-electron chi connectivity index (χ1n) is 5.52. The van der Waals surface area contributed by atoms with Crippen molar-refractivity contribution in [3.05, 3.63) is 29.3 Å². The van der Waals surface area contributed by atoms with E-state index in [1.165, 1.54) is 19.2 Å². The van der Waals surface area contributed by atoms with E-state index in [2.05, 4.69) is 5.32 Å². The monoisotopic (exact) mass is 259 g/mol. The van der Waals surface area contributed by atoms with Crippen LogP contribution >= 0.6 is 0 Å². The predicted octanol–water partition coefficient (Wildman–Crippen LogP) is 2.61. The first-order valence-corrected chi connectivity index (χ1v) is 5.52. The van der Waals surface area contributed by atoms with Crippen LogP contribution in [0.15, 0.2) is 18.2 Å². The lowest BCUT2D eigenvalue weighted by molar-refractivity contribution is -0.139. The SMILES string of the molecule is CNC(=O)c1ccc(OC2CC2)c(C(F)(F)F)c1. The maximum Gasteiger partial charge on any atom is 0.419 e. The van der Waals surface area contributed by atoms with Gasteiger partial charge in [-0.15, -0.1) is 0 Å². The summed E-state index contributed by atoms with van der Waals surface area (Å²) in [6.07, 6.45) is -3.12. The highest BCUT2D eigenvalue weighted by molar-refractivity contribution is 5.94. The number of nitrogens with one attached hydrogen (secondary N) is 1. The molecule has 0 aromatic heterocycles. The number of hydrogen-bond donors (Lipinski definition) is 1. The van der Waals surface area contributed by atoms with Crippen LogP contribution in [0.1, 0.15) is 28.8 Å². The molecule has 0 aliphatic heterocycles. The predicted molar refractivity (Wildman–Crippen MR) is 58.5 cm³/mol. The van der Waals surface area contributed by atoms with E-state index in [4.69, 9.17) is 4.74 Å². The lowest BCUT2D eigenvalue weighted by Gasteiger charge is -2.14. The average Bonchev–Trinajstić information content (AvgIpc) is 3.11. The van der Waals surface area contributed by atoms with Crippen molar-refractivity contribution in [1.82, 2.24) is 5.32 Å². The first-order chi connectivity index (χ1) is 8.41. The van der Waals surface area contributed by atoms with Gasteiger partial charge in [0.1, 0.15) is 5.75 Å². The van der Waals surface area contributed by atoms with Gasteiger partial charge >= 0.3 is 6.18 Å². The Labute approximate surface area is 102 Å². The molecule has 0 saturated heterocycles. The van der Waals surface area contributed by atoms with Gasteiger partial charge in [0, 0.05) is 12.6 Å². The zero-order chi connectivity index (χ0) is 13.3. The number of amides is 1. The Balaban J connectivity index is 2.37. The summed E-state index contributed by atoms with van der Waals surface area (Å²) in [6.45, 7) is 0. The molecule has 1 aromatic rings. The van der Waals surface area contributed by atoms with E-state index in [-0.39, 0.29) is 17.4 Å². The molecule has 0 heterocycles. The summed E-state index contributed by atoms with van der Waals surface area (Å²) < 4.78 is 43.8. The fourth-order valence-electron chi connectivity index (χ4n) is 1.51. The smallest absolute Gasteiger partial charge is 0.419 e. The fourth-order valence-corrected chi connectivity index (χ4v) is 1.51. The Bertz CT molecular complexity index is 467. The summed E-state index contributed by atoms with van der Waals surface area (Å²) in [6, 6.07) is 3.34. The third-order valence-electron chi connectivity index (χ3n) is 2.59. The number of rotatable bonds is 3. The minimum atomic E-state index is -4.53. The second-order valence-corrected chi connectivity index (χ2v) is 4.11. The van der Waals surface area contributed by atoms with E-state index in [0.717, 1.165) is 18.9 Å². The minimum Gasteiger partial charge on any atom is -0.490 e. The molecule has 6 heteroatoms. The fraction of sp³-hybridized carbons (Fsp3) is 0.417. The van der Waals surface area contributed by atoms with Gasteiger partial charge in [-0.25, -0.2) is 0 Å². The first kappa shape index (κ1) is 12.7. The molecule has 0 unspecified atom stereocenters. The van der Waals surface area contributed by atoms with Gasteiger partial charge in [-0.05, 0) is 31.0 Å². The number of ether oxygens (including phenoxy) is 1. The zero-order valence-corrected chi connectivity index (χ0v) is 9.67. The van der Waals surface area contributed by atoms with E-state index in [1.54, 1.807) is 0 Å². The Kier molecular flexibility index (Phi) is 3.19. The number of carbonyl (C=O) groups excluding carboxylic acids is 1. The van der Waals surface area contributed by atoms with E-state index in [1.807, 2.05) is 0 Å². The van der Waals surface area contributed by atoms with E-state index in [0.29, 0.717) is 0 Å². The van der Waals surface area contributed by atoms with Crippen molar-refractivity contribution in [1.29, 1.82) is 0 Å². The summed E-state index contributed by atoms with van der Waals surface area (Å²) in [4.78, 5) is 11.3. The van der Waals surface area contributed by atoms with Gasteiger partial charge < -0.3 is 10.1 Å². The van der Waals surface area contributed by atoms with Gasteiger partial charge in [0.2, 0.25) is 0 Å². The molecule has 0 atom stereocenters. The summed E-state index contributed by atoms with van der Waals surface area (Å²) in [5.41, 5.74) is -0.941. The number of carbonyl (C=O) groups is 1.